The number of rotatable bonds is 4. The van der Waals surface area contributed by atoms with Gasteiger partial charge in [0.1, 0.15) is 18.1 Å². The summed E-state index contributed by atoms with van der Waals surface area (Å²) in [5, 5.41) is 1.22. The molecule has 0 aliphatic rings. The molecule has 2 aromatic carbocycles. The lowest BCUT2D eigenvalue weighted by Crippen LogP contribution is -1.95. The molecule has 1 N–H and O–H groups in total. The van der Waals surface area contributed by atoms with Crippen molar-refractivity contribution in [1.82, 2.24) is 4.98 Å². The fraction of sp³-hybridized carbons (Fsp3) is 0.176. The Morgan fingerprint density at radius 2 is 1.70 bits per heavy atom. The number of benzene rings is 2. The molecule has 20 heavy (non-hydrogen) atoms. The average molecular weight is 267 g/mol. The van der Waals surface area contributed by atoms with Gasteiger partial charge in [-0.3, -0.25) is 0 Å². The quantitative estimate of drug-likeness (QED) is 0.773. The van der Waals surface area contributed by atoms with Gasteiger partial charge in [0, 0.05) is 10.9 Å². The molecule has 0 bridgehead atoms. The zero-order chi connectivity index (χ0) is 13.9. The fourth-order valence-electron chi connectivity index (χ4n) is 2.22. The van der Waals surface area contributed by atoms with Gasteiger partial charge in [-0.1, -0.05) is 11.6 Å². The Bertz CT molecular complexity index is 713. The number of aromatic amines is 1. The first-order valence-electron chi connectivity index (χ1n) is 6.60. The number of nitrogens with one attached hydrogen (secondary N) is 1. The number of hydrogen-bond acceptors (Lipinski definition) is 2. The van der Waals surface area contributed by atoms with Crippen molar-refractivity contribution in [3.05, 3.63) is 59.8 Å². The number of methoxy groups -OCH3 is 1. The van der Waals surface area contributed by atoms with Crippen LogP contribution >= 0.6 is 0 Å². The van der Waals surface area contributed by atoms with Gasteiger partial charge >= 0.3 is 0 Å². The third-order valence-corrected chi connectivity index (χ3v) is 3.29. The standard InChI is InChI=1S/C17H17NO2/c1-12-3-8-17-13(9-12)10-14(18-17)11-20-16-6-4-15(19-2)5-7-16/h3-10,18H,11H2,1-2H3. The summed E-state index contributed by atoms with van der Waals surface area (Å²) in [5.41, 5.74) is 3.48. The average Bonchev–Trinajstić information content (AvgIpc) is 2.87. The topological polar surface area (TPSA) is 34.2 Å². The van der Waals surface area contributed by atoms with E-state index in [0.717, 1.165) is 22.7 Å². The zero-order valence-corrected chi connectivity index (χ0v) is 11.6. The second-order valence-corrected chi connectivity index (χ2v) is 4.85. The van der Waals surface area contributed by atoms with Crippen molar-refractivity contribution in [3.63, 3.8) is 0 Å². The lowest BCUT2D eigenvalue weighted by atomic mass is 10.2. The van der Waals surface area contributed by atoms with Crippen molar-refractivity contribution >= 4 is 10.9 Å². The molecular weight excluding hydrogens is 250 g/mol. The van der Waals surface area contributed by atoms with Crippen molar-refractivity contribution in [1.29, 1.82) is 0 Å². The van der Waals surface area contributed by atoms with Crippen LogP contribution in [0.1, 0.15) is 11.3 Å². The molecule has 0 saturated heterocycles. The molecule has 102 valence electrons. The van der Waals surface area contributed by atoms with E-state index in [1.807, 2.05) is 24.3 Å². The number of aromatic nitrogens is 1. The lowest BCUT2D eigenvalue weighted by Gasteiger charge is -2.05. The van der Waals surface area contributed by atoms with E-state index >= 15 is 0 Å². The van der Waals surface area contributed by atoms with Crippen LogP contribution in [-0.2, 0) is 6.61 Å². The van der Waals surface area contributed by atoms with E-state index in [9.17, 15) is 0 Å². The summed E-state index contributed by atoms with van der Waals surface area (Å²) in [6, 6.07) is 16.1. The van der Waals surface area contributed by atoms with Gasteiger partial charge in [0.25, 0.3) is 0 Å². The van der Waals surface area contributed by atoms with Gasteiger partial charge in [-0.2, -0.15) is 0 Å². The number of hydrogen-bond donors (Lipinski definition) is 1. The van der Waals surface area contributed by atoms with Crippen molar-refractivity contribution in [2.75, 3.05) is 7.11 Å². The van der Waals surface area contributed by atoms with E-state index in [4.69, 9.17) is 9.47 Å². The number of fused-ring (bicyclic) bond motifs is 1. The largest absolute Gasteiger partial charge is 0.497 e. The van der Waals surface area contributed by atoms with E-state index in [1.165, 1.54) is 10.9 Å². The molecule has 0 aliphatic heterocycles. The third kappa shape index (κ3) is 2.62. The Morgan fingerprint density at radius 1 is 0.950 bits per heavy atom. The van der Waals surface area contributed by atoms with Crippen LogP contribution in [0.4, 0.5) is 0 Å². The van der Waals surface area contributed by atoms with Crippen LogP contribution in [0.2, 0.25) is 0 Å². The first-order valence-corrected chi connectivity index (χ1v) is 6.60. The molecule has 0 radical (unpaired) electrons. The fourth-order valence-corrected chi connectivity index (χ4v) is 2.22. The zero-order valence-electron chi connectivity index (χ0n) is 11.6. The van der Waals surface area contributed by atoms with Crippen molar-refractivity contribution in [2.45, 2.75) is 13.5 Å². The highest BCUT2D eigenvalue weighted by molar-refractivity contribution is 5.81. The van der Waals surface area contributed by atoms with Crippen LogP contribution in [0.25, 0.3) is 10.9 Å². The van der Waals surface area contributed by atoms with Gasteiger partial charge in [0.05, 0.1) is 12.8 Å². The van der Waals surface area contributed by atoms with Crippen molar-refractivity contribution in [3.8, 4) is 11.5 Å². The Hall–Kier alpha value is -2.42. The molecule has 0 unspecified atom stereocenters. The number of ether oxygens (including phenoxy) is 2. The maximum absolute atomic E-state index is 5.76. The minimum absolute atomic E-state index is 0.528. The molecular formula is C17H17NO2. The van der Waals surface area contributed by atoms with E-state index in [0.29, 0.717) is 6.61 Å². The second kappa shape index (κ2) is 5.29. The molecule has 0 aliphatic carbocycles. The normalized spacial score (nSPS) is 10.7. The minimum atomic E-state index is 0.528. The van der Waals surface area contributed by atoms with Crippen LogP contribution in [-0.4, -0.2) is 12.1 Å². The number of aryl methyl sites for hydroxylation is 1. The highest BCUT2D eigenvalue weighted by atomic mass is 16.5. The molecule has 0 amide bonds. The van der Waals surface area contributed by atoms with Crippen LogP contribution in [0.15, 0.2) is 48.5 Å². The van der Waals surface area contributed by atoms with Gasteiger partial charge in [0.15, 0.2) is 0 Å². The van der Waals surface area contributed by atoms with Gasteiger partial charge in [-0.05, 0) is 49.4 Å². The summed E-state index contributed by atoms with van der Waals surface area (Å²) in [7, 11) is 1.66. The summed E-state index contributed by atoms with van der Waals surface area (Å²) in [4.78, 5) is 3.37. The molecule has 3 aromatic rings. The predicted octanol–water partition coefficient (Wildman–Crippen LogP) is 4.06. The summed E-state index contributed by atoms with van der Waals surface area (Å²) in [6.07, 6.45) is 0. The Kier molecular flexibility index (Phi) is 3.33. The van der Waals surface area contributed by atoms with Crippen molar-refractivity contribution < 1.29 is 9.47 Å². The first-order chi connectivity index (χ1) is 9.74. The van der Waals surface area contributed by atoms with Crippen molar-refractivity contribution in [2.24, 2.45) is 0 Å². The molecule has 1 heterocycles. The van der Waals surface area contributed by atoms with Gasteiger partial charge in [-0.25, -0.2) is 0 Å². The smallest absolute Gasteiger partial charge is 0.128 e. The van der Waals surface area contributed by atoms with Gasteiger partial charge < -0.3 is 14.5 Å². The van der Waals surface area contributed by atoms with Gasteiger partial charge in [-0.15, -0.1) is 0 Å². The van der Waals surface area contributed by atoms with E-state index < -0.39 is 0 Å². The van der Waals surface area contributed by atoms with E-state index in [1.54, 1.807) is 7.11 Å². The third-order valence-electron chi connectivity index (χ3n) is 3.29. The Labute approximate surface area is 118 Å². The van der Waals surface area contributed by atoms with Crippen LogP contribution in [0.5, 0.6) is 11.5 Å². The minimum Gasteiger partial charge on any atom is -0.497 e. The molecule has 0 atom stereocenters. The molecule has 3 nitrogen and oxygen atoms in total. The second-order valence-electron chi connectivity index (χ2n) is 4.85. The highest BCUT2D eigenvalue weighted by Gasteiger charge is 2.02. The Morgan fingerprint density at radius 3 is 2.45 bits per heavy atom. The summed E-state index contributed by atoms with van der Waals surface area (Å²) in [6.45, 7) is 2.63. The van der Waals surface area contributed by atoms with E-state index in [-0.39, 0.29) is 0 Å². The first kappa shape index (κ1) is 12.6. The van der Waals surface area contributed by atoms with E-state index in [2.05, 4.69) is 36.2 Å². The molecule has 3 rings (SSSR count). The SMILES string of the molecule is COc1ccc(OCc2cc3cc(C)ccc3[nH]2)cc1. The molecule has 3 heteroatoms. The molecule has 1 aromatic heterocycles. The Balaban J connectivity index is 1.72. The molecule has 0 saturated carbocycles. The molecule has 0 spiro atoms. The molecule has 0 fully saturated rings. The summed E-state index contributed by atoms with van der Waals surface area (Å²) >= 11 is 0. The maximum atomic E-state index is 5.76. The maximum Gasteiger partial charge on any atom is 0.128 e. The monoisotopic (exact) mass is 267 g/mol. The highest BCUT2D eigenvalue weighted by Crippen LogP contribution is 2.20. The lowest BCUT2D eigenvalue weighted by molar-refractivity contribution is 0.301. The summed E-state index contributed by atoms with van der Waals surface area (Å²) in [5.74, 6) is 1.67. The summed E-state index contributed by atoms with van der Waals surface area (Å²) < 4.78 is 10.9. The van der Waals surface area contributed by atoms with Crippen LogP contribution < -0.4 is 9.47 Å². The van der Waals surface area contributed by atoms with Crippen LogP contribution in [0, 0.1) is 6.92 Å². The van der Waals surface area contributed by atoms with Crippen LogP contribution in [0.3, 0.4) is 0 Å². The van der Waals surface area contributed by atoms with Gasteiger partial charge in [0.2, 0.25) is 0 Å². The predicted molar refractivity (Wildman–Crippen MR) is 80.4 cm³/mol. The number of H-pyrrole nitrogens is 1.